The molecule has 2 aromatic rings. The second-order valence-corrected chi connectivity index (χ2v) is 9.88. The summed E-state index contributed by atoms with van der Waals surface area (Å²) in [5.41, 5.74) is 3.42. The van der Waals surface area contributed by atoms with Gasteiger partial charge in [0.1, 0.15) is 12.1 Å². The fraction of sp³-hybridized carbons (Fsp3) is 0.444. The van der Waals surface area contributed by atoms with E-state index in [1.54, 1.807) is 6.92 Å². The van der Waals surface area contributed by atoms with Crippen LogP contribution >= 0.6 is 0 Å². The molecule has 178 valence electrons. The smallest absolute Gasteiger partial charge is 0.408 e. The van der Waals surface area contributed by atoms with E-state index in [0.29, 0.717) is 12.8 Å². The molecular weight excluding hydrogens is 432 g/mol. The van der Waals surface area contributed by atoms with Crippen molar-refractivity contribution in [2.75, 3.05) is 6.61 Å². The molecule has 0 bridgehead atoms. The molecule has 0 heterocycles. The Bertz CT molecular complexity index is 1080. The van der Waals surface area contributed by atoms with Crippen molar-refractivity contribution in [1.82, 2.24) is 10.6 Å². The summed E-state index contributed by atoms with van der Waals surface area (Å²) in [6, 6.07) is 15.8. The Labute approximate surface area is 198 Å². The topological polar surface area (TPSA) is 105 Å². The molecule has 5 rings (SSSR count). The van der Waals surface area contributed by atoms with Crippen LogP contribution in [0.5, 0.6) is 0 Å². The molecule has 3 aliphatic carbocycles. The first-order valence-electron chi connectivity index (χ1n) is 12.1. The van der Waals surface area contributed by atoms with Gasteiger partial charge in [-0.1, -0.05) is 55.0 Å². The maximum absolute atomic E-state index is 13.2. The number of aliphatic carboxylic acids is 1. The number of carboxylic acid groups (broad SMARTS) is 1. The quantitative estimate of drug-likeness (QED) is 0.576. The van der Waals surface area contributed by atoms with Crippen LogP contribution < -0.4 is 10.6 Å². The van der Waals surface area contributed by atoms with E-state index in [1.165, 1.54) is 0 Å². The first kappa shape index (κ1) is 22.4. The second-order valence-electron chi connectivity index (χ2n) is 9.88. The zero-order valence-corrected chi connectivity index (χ0v) is 19.3. The van der Waals surface area contributed by atoms with Crippen molar-refractivity contribution in [2.24, 2.45) is 11.8 Å². The van der Waals surface area contributed by atoms with E-state index in [0.717, 1.165) is 41.5 Å². The predicted octanol–water partition coefficient (Wildman–Crippen LogP) is 4.06. The van der Waals surface area contributed by atoms with Crippen LogP contribution in [0.15, 0.2) is 48.5 Å². The van der Waals surface area contributed by atoms with Gasteiger partial charge in [-0.15, -0.1) is 0 Å². The lowest BCUT2D eigenvalue weighted by atomic mass is 9.93. The Hall–Kier alpha value is -3.35. The van der Waals surface area contributed by atoms with Gasteiger partial charge in [0.15, 0.2) is 0 Å². The highest BCUT2D eigenvalue weighted by Gasteiger charge is 2.50. The predicted molar refractivity (Wildman–Crippen MR) is 126 cm³/mol. The molecule has 0 aliphatic heterocycles. The summed E-state index contributed by atoms with van der Waals surface area (Å²) in [5.74, 6) is -1.85. The number of carbonyl (C=O) groups excluding carboxylic acids is 2. The minimum absolute atomic E-state index is 0.0117. The largest absolute Gasteiger partial charge is 0.481 e. The highest BCUT2D eigenvalue weighted by molar-refractivity contribution is 5.91. The lowest BCUT2D eigenvalue weighted by molar-refractivity contribution is -0.142. The summed E-state index contributed by atoms with van der Waals surface area (Å²) in [7, 11) is 0. The number of hydrogen-bond acceptors (Lipinski definition) is 4. The first-order chi connectivity index (χ1) is 16.4. The molecule has 1 unspecified atom stereocenters. The highest BCUT2D eigenvalue weighted by Crippen LogP contribution is 2.45. The molecule has 0 saturated heterocycles. The summed E-state index contributed by atoms with van der Waals surface area (Å²) >= 11 is 0. The van der Waals surface area contributed by atoms with Crippen LogP contribution in [0.25, 0.3) is 11.1 Å². The van der Waals surface area contributed by atoms with Gasteiger partial charge in [-0.25, -0.2) is 4.79 Å². The zero-order valence-electron chi connectivity index (χ0n) is 19.3. The molecule has 2 fully saturated rings. The van der Waals surface area contributed by atoms with E-state index < -0.39 is 29.6 Å². The molecule has 3 atom stereocenters. The summed E-state index contributed by atoms with van der Waals surface area (Å²) in [5, 5.41) is 15.2. The van der Waals surface area contributed by atoms with Crippen LogP contribution in [0, 0.1) is 11.8 Å². The molecular formula is C27H30N2O5. The Morgan fingerprint density at radius 2 is 1.59 bits per heavy atom. The standard InChI is InChI=1S/C27H30N2O5/c1-27(16-13-14-16,25(32)28-23-12-6-11-21(23)24(30)31)29-26(33)34-15-22-19-9-4-2-7-17(19)18-8-3-5-10-20(18)22/h2-5,7-10,16,21-23H,6,11-15H2,1H3,(H,28,32)(H,29,33)(H,30,31)/t21-,23+,27?/m0/s1. The van der Waals surface area contributed by atoms with Gasteiger partial charge in [-0.2, -0.15) is 0 Å². The van der Waals surface area contributed by atoms with Crippen LogP contribution in [0.1, 0.15) is 56.1 Å². The summed E-state index contributed by atoms with van der Waals surface area (Å²) < 4.78 is 5.67. The van der Waals surface area contributed by atoms with Crippen LogP contribution in [-0.2, 0) is 14.3 Å². The molecule has 3 N–H and O–H groups in total. The number of carboxylic acids is 1. The summed E-state index contributed by atoms with van der Waals surface area (Å²) in [4.78, 5) is 37.6. The highest BCUT2D eigenvalue weighted by atomic mass is 16.5. The van der Waals surface area contributed by atoms with Gasteiger partial charge in [0.05, 0.1) is 5.92 Å². The number of amides is 2. The van der Waals surface area contributed by atoms with Crippen molar-refractivity contribution >= 4 is 18.0 Å². The monoisotopic (exact) mass is 462 g/mol. The molecule has 2 saturated carbocycles. The molecule has 0 radical (unpaired) electrons. The average Bonchev–Trinajstić information content (AvgIpc) is 3.51. The molecule has 2 aromatic carbocycles. The van der Waals surface area contributed by atoms with Gasteiger partial charge < -0.3 is 20.5 Å². The van der Waals surface area contributed by atoms with Crippen molar-refractivity contribution < 1.29 is 24.2 Å². The molecule has 2 amide bonds. The Kier molecular flexibility index (Phi) is 5.80. The summed E-state index contributed by atoms with van der Waals surface area (Å²) in [6.45, 7) is 1.89. The van der Waals surface area contributed by atoms with E-state index in [4.69, 9.17) is 4.74 Å². The SMILES string of the molecule is CC(NC(=O)OCC1c2ccccc2-c2ccccc21)(C(=O)N[C@@H]1CCC[C@@H]1C(=O)O)C1CC1. The number of alkyl carbamates (subject to hydrolysis) is 1. The van der Waals surface area contributed by atoms with Crippen molar-refractivity contribution in [3.63, 3.8) is 0 Å². The van der Waals surface area contributed by atoms with Gasteiger partial charge >= 0.3 is 12.1 Å². The molecule has 7 heteroatoms. The van der Waals surface area contributed by atoms with Crippen molar-refractivity contribution in [2.45, 2.75) is 56.5 Å². The Morgan fingerprint density at radius 1 is 0.971 bits per heavy atom. The lowest BCUT2D eigenvalue weighted by Gasteiger charge is -2.31. The molecule has 0 aromatic heterocycles. The number of hydrogen-bond donors (Lipinski definition) is 3. The molecule has 3 aliphatic rings. The van der Waals surface area contributed by atoms with Gasteiger partial charge in [-0.3, -0.25) is 9.59 Å². The third kappa shape index (κ3) is 4.04. The zero-order chi connectivity index (χ0) is 23.9. The van der Waals surface area contributed by atoms with Gasteiger partial charge in [-0.05, 0) is 60.8 Å². The Balaban J connectivity index is 1.26. The second kappa shape index (κ2) is 8.78. The maximum Gasteiger partial charge on any atom is 0.408 e. The van der Waals surface area contributed by atoms with Crippen LogP contribution in [0.2, 0.25) is 0 Å². The number of benzene rings is 2. The van der Waals surface area contributed by atoms with E-state index >= 15 is 0 Å². The normalized spacial score (nSPS) is 22.9. The molecule has 7 nitrogen and oxygen atoms in total. The number of nitrogens with one attached hydrogen (secondary N) is 2. The third-order valence-corrected chi connectivity index (χ3v) is 7.72. The maximum atomic E-state index is 13.2. The average molecular weight is 463 g/mol. The van der Waals surface area contributed by atoms with Gasteiger partial charge in [0.25, 0.3) is 0 Å². The van der Waals surface area contributed by atoms with Crippen molar-refractivity contribution in [1.29, 1.82) is 0 Å². The van der Waals surface area contributed by atoms with E-state index in [1.807, 2.05) is 24.3 Å². The minimum atomic E-state index is -1.13. The minimum Gasteiger partial charge on any atom is -0.481 e. The van der Waals surface area contributed by atoms with Crippen LogP contribution in [0.3, 0.4) is 0 Å². The summed E-state index contributed by atoms with van der Waals surface area (Å²) in [6.07, 6.45) is 2.99. The molecule has 0 spiro atoms. The third-order valence-electron chi connectivity index (χ3n) is 7.72. The van der Waals surface area contributed by atoms with Crippen LogP contribution in [0.4, 0.5) is 4.79 Å². The lowest BCUT2D eigenvalue weighted by Crippen LogP contribution is -2.60. The molecule has 34 heavy (non-hydrogen) atoms. The number of ether oxygens (including phenoxy) is 1. The number of carbonyl (C=O) groups is 3. The van der Waals surface area contributed by atoms with Crippen LogP contribution in [-0.4, -0.2) is 41.3 Å². The van der Waals surface area contributed by atoms with Crippen molar-refractivity contribution in [3.8, 4) is 11.1 Å². The van der Waals surface area contributed by atoms with E-state index in [-0.39, 0.29) is 24.3 Å². The fourth-order valence-electron chi connectivity index (χ4n) is 5.60. The number of fused-ring (bicyclic) bond motifs is 3. The fourth-order valence-corrected chi connectivity index (χ4v) is 5.60. The van der Waals surface area contributed by atoms with E-state index in [2.05, 4.69) is 34.9 Å². The van der Waals surface area contributed by atoms with E-state index in [9.17, 15) is 19.5 Å². The number of rotatable bonds is 7. The van der Waals surface area contributed by atoms with Gasteiger partial charge in [0, 0.05) is 12.0 Å². The Morgan fingerprint density at radius 3 is 2.18 bits per heavy atom. The first-order valence-corrected chi connectivity index (χ1v) is 12.1. The van der Waals surface area contributed by atoms with Crippen molar-refractivity contribution in [3.05, 3.63) is 59.7 Å². The van der Waals surface area contributed by atoms with Gasteiger partial charge in [0.2, 0.25) is 5.91 Å².